The number of carbonyl (C=O) groups excluding carboxylic acids is 1. The zero-order chi connectivity index (χ0) is 29.7. The first-order chi connectivity index (χ1) is 19.3. The fourth-order valence-electron chi connectivity index (χ4n) is 7.29. The smallest absolute Gasteiger partial charge is 0.378 e. The maximum atomic E-state index is 14.1. The molecule has 224 valence electrons. The monoisotopic (exact) mass is 579 g/mol. The second kappa shape index (κ2) is 10.8. The Morgan fingerprint density at radius 1 is 1.15 bits per heavy atom. The molecule has 3 saturated heterocycles. The Balaban J connectivity index is 1.47. The van der Waals surface area contributed by atoms with E-state index < -0.39 is 24.5 Å². The average Bonchev–Trinajstić information content (AvgIpc) is 3.22. The number of carbonyl (C=O) groups is 1. The summed E-state index contributed by atoms with van der Waals surface area (Å²) in [7, 11) is 1.57. The van der Waals surface area contributed by atoms with E-state index in [2.05, 4.69) is 11.8 Å². The number of aryl methyl sites for hydroxylation is 1. The van der Waals surface area contributed by atoms with Crippen molar-refractivity contribution in [3.8, 4) is 0 Å². The lowest BCUT2D eigenvalue weighted by Gasteiger charge is -2.54. The quantitative estimate of drug-likeness (QED) is 0.360. The number of morpholine rings is 1. The molecule has 2 aromatic carbocycles. The summed E-state index contributed by atoms with van der Waals surface area (Å²) < 4.78 is 74.1. The highest BCUT2D eigenvalue weighted by Crippen LogP contribution is 2.52. The zero-order valence-corrected chi connectivity index (χ0v) is 24.0. The molecule has 1 spiro atoms. The molecule has 3 fully saturated rings. The third-order valence-electron chi connectivity index (χ3n) is 9.69. The van der Waals surface area contributed by atoms with Gasteiger partial charge in [0.05, 0.1) is 30.9 Å². The molecule has 4 atom stereocenters. The molecule has 0 bridgehead atoms. The van der Waals surface area contributed by atoms with E-state index in [1.807, 2.05) is 6.92 Å². The summed E-state index contributed by atoms with van der Waals surface area (Å²) in [4.78, 5) is 19.9. The van der Waals surface area contributed by atoms with Gasteiger partial charge in [-0.15, -0.1) is 0 Å². The molecule has 0 N–H and O–H groups in total. The predicted octanol–water partition coefficient (Wildman–Crippen LogP) is 7.20. The lowest BCUT2D eigenvalue weighted by Crippen LogP contribution is -2.62. The molecule has 0 aromatic heterocycles. The number of halogens is 5. The number of amides is 2. The SMILES string of the molecule is Cc1cc(F)ccc1[C@H]1C[C@@]2(CCN1C(=O)N(C)[C@H](C)c1cc(CF)cc(C(F)(F)F)c1)CC[C@@]1(C)COCCN12. The Morgan fingerprint density at radius 3 is 2.59 bits per heavy atom. The number of piperidine rings is 1. The molecule has 41 heavy (non-hydrogen) atoms. The van der Waals surface area contributed by atoms with Crippen LogP contribution < -0.4 is 0 Å². The van der Waals surface area contributed by atoms with E-state index in [9.17, 15) is 26.7 Å². The van der Waals surface area contributed by atoms with Crippen molar-refractivity contribution in [3.63, 3.8) is 0 Å². The van der Waals surface area contributed by atoms with Crippen LogP contribution in [0.15, 0.2) is 36.4 Å². The van der Waals surface area contributed by atoms with Crippen molar-refractivity contribution >= 4 is 6.03 Å². The molecule has 0 radical (unpaired) electrons. The number of likely N-dealkylation sites (tertiary alicyclic amines) is 1. The first kappa shape index (κ1) is 29.8. The zero-order valence-electron chi connectivity index (χ0n) is 24.0. The largest absolute Gasteiger partial charge is 0.416 e. The highest BCUT2D eigenvalue weighted by atomic mass is 19.4. The van der Waals surface area contributed by atoms with Crippen molar-refractivity contribution in [3.05, 3.63) is 70.0 Å². The number of ether oxygens (including phenoxy) is 1. The van der Waals surface area contributed by atoms with Gasteiger partial charge in [-0.25, -0.2) is 13.6 Å². The predicted molar refractivity (Wildman–Crippen MR) is 146 cm³/mol. The van der Waals surface area contributed by atoms with Gasteiger partial charge in [-0.1, -0.05) is 12.1 Å². The van der Waals surface area contributed by atoms with Crippen LogP contribution in [0.4, 0.5) is 26.7 Å². The first-order valence-electron chi connectivity index (χ1n) is 14.2. The standard InChI is InChI=1S/C31H38F5N3O2/c1-20-13-25(33)5-6-26(20)27-17-30(8-7-29(3)19-41-12-11-39(29)30)9-10-38(27)28(40)37(4)21(2)23-14-22(18-32)15-24(16-23)31(34,35)36/h5-6,13-16,21,27H,7-12,17-19H2,1-4H3/t21-,27-,29+,30+/m1/s1. The van der Waals surface area contributed by atoms with Crippen molar-refractivity contribution in [2.24, 2.45) is 0 Å². The van der Waals surface area contributed by atoms with Gasteiger partial charge < -0.3 is 14.5 Å². The first-order valence-corrected chi connectivity index (χ1v) is 14.2. The summed E-state index contributed by atoms with van der Waals surface area (Å²) in [5, 5.41) is 0. The van der Waals surface area contributed by atoms with E-state index in [0.717, 1.165) is 49.1 Å². The molecule has 5 rings (SSSR count). The molecule has 0 saturated carbocycles. The fourth-order valence-corrected chi connectivity index (χ4v) is 7.29. The topological polar surface area (TPSA) is 36.0 Å². The van der Waals surface area contributed by atoms with Gasteiger partial charge in [0.15, 0.2) is 0 Å². The number of nitrogens with zero attached hydrogens (tertiary/aromatic N) is 3. The van der Waals surface area contributed by atoms with Crippen molar-refractivity contribution < 1.29 is 31.5 Å². The maximum absolute atomic E-state index is 14.1. The summed E-state index contributed by atoms with van der Waals surface area (Å²) in [6.45, 7) is 7.24. The highest BCUT2D eigenvalue weighted by Gasteiger charge is 2.56. The van der Waals surface area contributed by atoms with Crippen molar-refractivity contribution in [1.82, 2.24) is 14.7 Å². The van der Waals surface area contributed by atoms with Crippen LogP contribution in [0, 0.1) is 12.7 Å². The van der Waals surface area contributed by atoms with Crippen LogP contribution in [0.2, 0.25) is 0 Å². The molecule has 5 nitrogen and oxygen atoms in total. The van der Waals surface area contributed by atoms with E-state index in [-0.39, 0.29) is 40.1 Å². The summed E-state index contributed by atoms with van der Waals surface area (Å²) >= 11 is 0. The number of benzene rings is 2. The van der Waals surface area contributed by atoms with E-state index in [1.54, 1.807) is 24.9 Å². The Hall–Kier alpha value is -2.72. The molecular weight excluding hydrogens is 541 g/mol. The van der Waals surface area contributed by atoms with Crippen molar-refractivity contribution in [2.75, 3.05) is 33.4 Å². The molecular formula is C31H38F5N3O2. The molecule has 2 amide bonds. The maximum Gasteiger partial charge on any atom is 0.416 e. The third kappa shape index (κ3) is 5.45. The number of urea groups is 1. The number of hydrogen-bond donors (Lipinski definition) is 0. The van der Waals surface area contributed by atoms with Crippen LogP contribution in [-0.2, 0) is 17.6 Å². The molecule has 2 aromatic rings. The summed E-state index contributed by atoms with van der Waals surface area (Å²) in [6, 6.07) is 6.38. The van der Waals surface area contributed by atoms with Crippen molar-refractivity contribution in [2.45, 2.75) is 82.5 Å². The van der Waals surface area contributed by atoms with E-state index in [4.69, 9.17) is 4.74 Å². The van der Waals surface area contributed by atoms with E-state index in [1.165, 1.54) is 23.1 Å². The second-order valence-electron chi connectivity index (χ2n) is 12.3. The summed E-state index contributed by atoms with van der Waals surface area (Å²) in [6.07, 6.45) is -1.26. The number of hydrogen-bond acceptors (Lipinski definition) is 3. The molecule has 0 aliphatic carbocycles. The van der Waals surface area contributed by atoms with Gasteiger partial charge >= 0.3 is 12.2 Å². The third-order valence-corrected chi connectivity index (χ3v) is 9.69. The van der Waals surface area contributed by atoms with E-state index >= 15 is 0 Å². The van der Waals surface area contributed by atoms with Gasteiger partial charge in [0.2, 0.25) is 0 Å². The number of rotatable bonds is 4. The van der Waals surface area contributed by atoms with Crippen molar-refractivity contribution in [1.29, 1.82) is 0 Å². The molecule has 3 aliphatic heterocycles. The summed E-state index contributed by atoms with van der Waals surface area (Å²) in [5.74, 6) is -0.352. The number of fused-ring (bicyclic) bond motifs is 2. The molecule has 3 heterocycles. The second-order valence-corrected chi connectivity index (χ2v) is 12.3. The highest BCUT2D eigenvalue weighted by molar-refractivity contribution is 5.75. The summed E-state index contributed by atoms with van der Waals surface area (Å²) in [5.41, 5.74) is 0.583. The minimum absolute atomic E-state index is 0.0737. The van der Waals surface area contributed by atoms with Gasteiger partial charge in [0.25, 0.3) is 0 Å². The van der Waals surface area contributed by atoms with E-state index in [0.29, 0.717) is 26.2 Å². The lowest BCUT2D eigenvalue weighted by atomic mass is 9.78. The molecule has 3 aliphatic rings. The number of alkyl halides is 4. The average molecular weight is 580 g/mol. The van der Waals surface area contributed by atoms with Crippen LogP contribution in [0.5, 0.6) is 0 Å². The van der Waals surface area contributed by atoms with Crippen LogP contribution in [-0.4, -0.2) is 65.2 Å². The minimum atomic E-state index is -4.64. The van der Waals surface area contributed by atoms with Gasteiger partial charge in [-0.2, -0.15) is 13.2 Å². The minimum Gasteiger partial charge on any atom is -0.378 e. The van der Waals surface area contributed by atoms with Gasteiger partial charge in [-0.05, 0) is 93.0 Å². The Bertz CT molecular complexity index is 1300. The Labute approximate surface area is 238 Å². The normalized spacial score (nSPS) is 27.6. The van der Waals surface area contributed by atoms with Crippen LogP contribution in [0.25, 0.3) is 0 Å². The Morgan fingerprint density at radius 2 is 1.90 bits per heavy atom. The van der Waals surface area contributed by atoms with Gasteiger partial charge in [0.1, 0.15) is 12.5 Å². The Kier molecular flexibility index (Phi) is 7.87. The van der Waals surface area contributed by atoms with Gasteiger partial charge in [0, 0.05) is 31.2 Å². The van der Waals surface area contributed by atoms with Crippen LogP contribution >= 0.6 is 0 Å². The van der Waals surface area contributed by atoms with Gasteiger partial charge in [-0.3, -0.25) is 4.90 Å². The lowest BCUT2D eigenvalue weighted by molar-refractivity contribution is -0.137. The van der Waals surface area contributed by atoms with Crippen LogP contribution in [0.3, 0.4) is 0 Å². The molecule has 0 unspecified atom stereocenters. The fraction of sp³-hybridized carbons (Fsp3) is 0.581. The van der Waals surface area contributed by atoms with Crippen LogP contribution in [0.1, 0.15) is 79.4 Å². The molecule has 10 heteroatoms.